The van der Waals surface area contributed by atoms with Crippen LogP contribution in [0.25, 0.3) is 0 Å². The Kier molecular flexibility index (Phi) is 7.48. The monoisotopic (exact) mass is 451 g/mol. The molecule has 4 rings (SSSR count). The van der Waals surface area contributed by atoms with Crippen molar-refractivity contribution in [3.05, 3.63) is 33.8 Å². The summed E-state index contributed by atoms with van der Waals surface area (Å²) in [5.41, 5.74) is 1.17. The van der Waals surface area contributed by atoms with Crippen LogP contribution >= 0.6 is 23.2 Å². The van der Waals surface area contributed by atoms with Crippen LogP contribution in [0.4, 0.5) is 4.79 Å². The van der Waals surface area contributed by atoms with E-state index in [1.54, 1.807) is 0 Å². The zero-order valence-electron chi connectivity index (χ0n) is 18.2. The molecule has 0 spiro atoms. The highest BCUT2D eigenvalue weighted by Crippen LogP contribution is 2.30. The number of likely N-dealkylation sites (N-methyl/N-ethyl adjacent to an activating group) is 1. The van der Waals surface area contributed by atoms with Gasteiger partial charge in [-0.25, -0.2) is 4.79 Å². The Bertz CT molecular complexity index is 729. The van der Waals surface area contributed by atoms with E-state index >= 15 is 0 Å². The molecule has 2 amide bonds. The second-order valence-corrected chi connectivity index (χ2v) is 10.3. The Hall–Kier alpha value is -0.970. The smallest absolute Gasteiger partial charge is 0.320 e. The molecular weight excluding hydrogens is 417 g/mol. The molecule has 1 unspecified atom stereocenters. The average molecular weight is 452 g/mol. The van der Waals surface area contributed by atoms with Crippen molar-refractivity contribution in [3.8, 4) is 0 Å². The molecule has 0 aromatic heterocycles. The Labute approximate surface area is 191 Å². The molecular formula is C24H35Cl2N3O. The lowest BCUT2D eigenvalue weighted by atomic mass is 9.89. The van der Waals surface area contributed by atoms with E-state index in [0.29, 0.717) is 18.0 Å². The van der Waals surface area contributed by atoms with Crippen LogP contribution in [-0.2, 0) is 6.42 Å². The fourth-order valence-corrected chi connectivity index (χ4v) is 5.95. The van der Waals surface area contributed by atoms with E-state index in [1.807, 2.05) is 30.1 Å². The molecule has 2 aliphatic heterocycles. The lowest BCUT2D eigenvalue weighted by molar-refractivity contribution is 0.0611. The summed E-state index contributed by atoms with van der Waals surface area (Å²) in [5.74, 6) is 0.657. The summed E-state index contributed by atoms with van der Waals surface area (Å²) in [7, 11) is 2.01. The summed E-state index contributed by atoms with van der Waals surface area (Å²) >= 11 is 12.5. The number of nitrogens with zero attached hydrogens (tertiary/aromatic N) is 3. The molecule has 30 heavy (non-hydrogen) atoms. The van der Waals surface area contributed by atoms with Crippen LogP contribution in [0.1, 0.15) is 56.9 Å². The normalized spacial score (nSPS) is 25.2. The summed E-state index contributed by atoms with van der Waals surface area (Å²) < 4.78 is 0. The predicted octanol–water partition coefficient (Wildman–Crippen LogP) is 5.71. The summed E-state index contributed by atoms with van der Waals surface area (Å²) in [4.78, 5) is 19.7. The molecule has 1 saturated carbocycles. The molecule has 3 fully saturated rings. The second-order valence-electron chi connectivity index (χ2n) is 9.51. The van der Waals surface area contributed by atoms with E-state index in [4.69, 9.17) is 23.2 Å². The predicted molar refractivity (Wildman–Crippen MR) is 124 cm³/mol. The Morgan fingerprint density at radius 1 is 0.967 bits per heavy atom. The zero-order chi connectivity index (χ0) is 21.1. The van der Waals surface area contributed by atoms with Gasteiger partial charge in [-0.2, -0.15) is 0 Å². The molecule has 3 aliphatic rings. The molecule has 4 nitrogen and oxygen atoms in total. The molecule has 166 valence electrons. The third kappa shape index (κ3) is 5.26. The maximum Gasteiger partial charge on any atom is 0.320 e. The van der Waals surface area contributed by atoms with Crippen LogP contribution in [-0.4, -0.2) is 66.0 Å². The fraction of sp³-hybridized carbons (Fsp3) is 0.708. The molecule has 6 heteroatoms. The lowest BCUT2D eigenvalue weighted by Crippen LogP contribution is -2.58. The third-order valence-corrected chi connectivity index (χ3v) is 8.11. The first-order chi connectivity index (χ1) is 14.5. The van der Waals surface area contributed by atoms with E-state index in [1.165, 1.54) is 50.5 Å². The van der Waals surface area contributed by atoms with Crippen LogP contribution in [0.2, 0.25) is 10.0 Å². The standard InChI is InChI=1S/C24H35Cl2N3O/c1-27-22(11-14-29(24(27)30)21-5-3-2-4-6-21)17-28-12-9-18(10-13-28)15-19-16-20(25)7-8-23(19)26/h7-8,16,18,21-22H,2-6,9-15,17H2,1H3. The van der Waals surface area contributed by atoms with Crippen molar-refractivity contribution in [1.82, 2.24) is 14.7 Å². The van der Waals surface area contributed by atoms with Crippen LogP contribution in [0, 0.1) is 5.92 Å². The zero-order valence-corrected chi connectivity index (χ0v) is 19.7. The average Bonchev–Trinajstić information content (AvgIpc) is 2.76. The highest BCUT2D eigenvalue weighted by molar-refractivity contribution is 6.33. The Balaban J connectivity index is 1.25. The minimum atomic E-state index is 0.253. The summed E-state index contributed by atoms with van der Waals surface area (Å²) in [6, 6.07) is 6.84. The first-order valence-electron chi connectivity index (χ1n) is 11.7. The van der Waals surface area contributed by atoms with E-state index in [2.05, 4.69) is 9.80 Å². The van der Waals surface area contributed by atoms with Gasteiger partial charge in [0, 0.05) is 42.3 Å². The molecule has 0 radical (unpaired) electrons. The number of hydrogen-bond donors (Lipinski definition) is 0. The summed E-state index contributed by atoms with van der Waals surface area (Å²) in [6.45, 7) is 4.15. The van der Waals surface area contributed by atoms with Gasteiger partial charge in [0.25, 0.3) is 0 Å². The molecule has 1 aromatic carbocycles. The number of urea groups is 1. The molecule has 2 saturated heterocycles. The van der Waals surface area contributed by atoms with Crippen molar-refractivity contribution in [2.45, 2.75) is 69.9 Å². The van der Waals surface area contributed by atoms with Crippen molar-refractivity contribution in [3.63, 3.8) is 0 Å². The molecule has 0 N–H and O–H groups in total. The summed E-state index contributed by atoms with van der Waals surface area (Å²) in [5, 5.41) is 1.59. The number of rotatable bonds is 5. The van der Waals surface area contributed by atoms with Gasteiger partial charge in [-0.1, -0.05) is 42.5 Å². The number of carbonyl (C=O) groups excluding carboxylic acids is 1. The van der Waals surface area contributed by atoms with Gasteiger partial charge in [0.2, 0.25) is 0 Å². The van der Waals surface area contributed by atoms with Gasteiger partial charge < -0.3 is 14.7 Å². The highest BCUT2D eigenvalue weighted by atomic mass is 35.5. The van der Waals surface area contributed by atoms with Gasteiger partial charge in [0.15, 0.2) is 0 Å². The topological polar surface area (TPSA) is 26.8 Å². The fourth-order valence-electron chi connectivity index (χ4n) is 5.56. The van der Waals surface area contributed by atoms with E-state index in [-0.39, 0.29) is 6.03 Å². The molecule has 1 aromatic rings. The maximum absolute atomic E-state index is 13.0. The van der Waals surface area contributed by atoms with Crippen molar-refractivity contribution in [2.75, 3.05) is 33.2 Å². The number of carbonyl (C=O) groups is 1. The van der Waals surface area contributed by atoms with Crippen LogP contribution < -0.4 is 0 Å². The van der Waals surface area contributed by atoms with Gasteiger partial charge in [-0.3, -0.25) is 0 Å². The van der Waals surface area contributed by atoms with E-state index < -0.39 is 0 Å². The van der Waals surface area contributed by atoms with Gasteiger partial charge in [-0.15, -0.1) is 0 Å². The van der Waals surface area contributed by atoms with Crippen molar-refractivity contribution in [2.24, 2.45) is 5.92 Å². The quantitative estimate of drug-likeness (QED) is 0.573. The number of piperidine rings is 1. The number of likely N-dealkylation sites (tertiary alicyclic amines) is 1. The van der Waals surface area contributed by atoms with Crippen molar-refractivity contribution >= 4 is 29.2 Å². The van der Waals surface area contributed by atoms with Gasteiger partial charge in [0.1, 0.15) is 0 Å². The van der Waals surface area contributed by atoms with Crippen molar-refractivity contribution in [1.29, 1.82) is 0 Å². The van der Waals surface area contributed by atoms with Gasteiger partial charge >= 0.3 is 6.03 Å². The lowest BCUT2D eigenvalue weighted by Gasteiger charge is -2.45. The van der Waals surface area contributed by atoms with E-state index in [0.717, 1.165) is 49.1 Å². The van der Waals surface area contributed by atoms with Crippen LogP contribution in [0.3, 0.4) is 0 Å². The Morgan fingerprint density at radius 3 is 2.43 bits per heavy atom. The van der Waals surface area contributed by atoms with E-state index in [9.17, 15) is 4.79 Å². The van der Waals surface area contributed by atoms with Gasteiger partial charge in [0.05, 0.1) is 0 Å². The first-order valence-corrected chi connectivity index (χ1v) is 12.5. The molecule has 1 aliphatic carbocycles. The highest BCUT2D eigenvalue weighted by Gasteiger charge is 2.36. The maximum atomic E-state index is 13.0. The van der Waals surface area contributed by atoms with Crippen LogP contribution in [0.15, 0.2) is 18.2 Å². The van der Waals surface area contributed by atoms with Gasteiger partial charge in [-0.05, 0) is 81.3 Å². The minimum absolute atomic E-state index is 0.253. The molecule has 0 bridgehead atoms. The van der Waals surface area contributed by atoms with Crippen molar-refractivity contribution < 1.29 is 4.79 Å². The summed E-state index contributed by atoms with van der Waals surface area (Å²) in [6.07, 6.45) is 10.7. The Morgan fingerprint density at radius 2 is 1.70 bits per heavy atom. The first kappa shape index (κ1) is 22.2. The molecule has 2 heterocycles. The number of hydrogen-bond acceptors (Lipinski definition) is 2. The van der Waals surface area contributed by atoms with Crippen LogP contribution in [0.5, 0.6) is 0 Å². The largest absolute Gasteiger partial charge is 0.323 e. The SMILES string of the molecule is CN1C(=O)N(C2CCCCC2)CCC1CN1CCC(Cc2cc(Cl)ccc2Cl)CC1. The third-order valence-electron chi connectivity index (χ3n) is 7.51. The molecule has 1 atom stereocenters. The minimum Gasteiger partial charge on any atom is -0.323 e. The second kappa shape index (κ2) is 10.1. The number of amides is 2. The number of benzene rings is 1. The number of halogens is 2.